The summed E-state index contributed by atoms with van der Waals surface area (Å²) in [4.78, 5) is 14.7. The Morgan fingerprint density at radius 1 is 0.933 bits per heavy atom. The fourth-order valence-electron chi connectivity index (χ4n) is 2.90. The number of hydrogen-bond donors (Lipinski definition) is 2. The SMILES string of the molecule is Cc1ccc(S(=O)(=O)NC(=[NH+][C@H](Cc2ccccc2)C(=O)[O-])c2ccccc2)cc1. The zero-order valence-electron chi connectivity index (χ0n) is 16.4. The molecule has 0 aromatic heterocycles. The van der Waals surface area contributed by atoms with Gasteiger partial charge in [0.15, 0.2) is 0 Å². The van der Waals surface area contributed by atoms with Crippen molar-refractivity contribution in [2.45, 2.75) is 24.3 Å². The van der Waals surface area contributed by atoms with Gasteiger partial charge in [0.2, 0.25) is 0 Å². The molecule has 0 amide bonds. The standard InChI is InChI=1S/C23H22N2O4S/c1-17-12-14-20(15-13-17)30(28,29)25-22(19-10-6-3-7-11-19)24-21(23(26)27)16-18-8-4-2-5-9-18/h2-15,21H,16H2,1H3,(H,24,25)(H,26,27)/t21-/m1/s1. The van der Waals surface area contributed by atoms with Crippen molar-refractivity contribution in [3.05, 3.63) is 102 Å². The van der Waals surface area contributed by atoms with Crippen LogP contribution in [0.15, 0.2) is 89.8 Å². The van der Waals surface area contributed by atoms with Gasteiger partial charge in [-0.1, -0.05) is 66.2 Å². The van der Waals surface area contributed by atoms with Crippen LogP contribution >= 0.6 is 0 Å². The highest BCUT2D eigenvalue weighted by molar-refractivity contribution is 7.90. The minimum atomic E-state index is -3.93. The molecule has 3 aromatic carbocycles. The third-order valence-electron chi connectivity index (χ3n) is 4.52. The first-order chi connectivity index (χ1) is 14.3. The highest BCUT2D eigenvalue weighted by Crippen LogP contribution is 2.10. The van der Waals surface area contributed by atoms with E-state index < -0.39 is 22.0 Å². The first kappa shape index (κ1) is 21.3. The minimum absolute atomic E-state index is 0.0707. The second kappa shape index (κ2) is 9.37. The predicted molar refractivity (Wildman–Crippen MR) is 112 cm³/mol. The van der Waals surface area contributed by atoms with Crippen LogP contribution < -0.4 is 14.8 Å². The number of aliphatic carboxylic acids is 1. The highest BCUT2D eigenvalue weighted by atomic mass is 32.2. The van der Waals surface area contributed by atoms with Crippen LogP contribution in [0, 0.1) is 6.92 Å². The summed E-state index contributed by atoms with van der Waals surface area (Å²) in [6.07, 6.45) is 0.131. The highest BCUT2D eigenvalue weighted by Gasteiger charge is 2.25. The quantitative estimate of drug-likeness (QED) is 0.419. The zero-order valence-corrected chi connectivity index (χ0v) is 17.2. The van der Waals surface area contributed by atoms with E-state index in [1.165, 1.54) is 12.1 Å². The van der Waals surface area contributed by atoms with Gasteiger partial charge in [0.1, 0.15) is 10.9 Å². The van der Waals surface area contributed by atoms with E-state index in [1.807, 2.05) is 25.1 Å². The van der Waals surface area contributed by atoms with E-state index in [-0.39, 0.29) is 17.2 Å². The monoisotopic (exact) mass is 422 g/mol. The first-order valence-electron chi connectivity index (χ1n) is 9.38. The number of carboxylic acids is 1. The summed E-state index contributed by atoms with van der Waals surface area (Å²) in [5.74, 6) is -1.26. The van der Waals surface area contributed by atoms with Gasteiger partial charge in [0, 0.05) is 6.42 Å². The number of rotatable bonds is 7. The average Bonchev–Trinajstić information content (AvgIpc) is 2.74. The number of sulfonamides is 1. The van der Waals surface area contributed by atoms with Gasteiger partial charge in [0.05, 0.1) is 11.5 Å². The van der Waals surface area contributed by atoms with Crippen LogP contribution in [0.4, 0.5) is 0 Å². The van der Waals surface area contributed by atoms with Gasteiger partial charge in [0.25, 0.3) is 5.84 Å². The lowest BCUT2D eigenvalue weighted by molar-refractivity contribution is -0.506. The summed E-state index contributed by atoms with van der Waals surface area (Å²) >= 11 is 0. The number of hydrogen-bond acceptors (Lipinski definition) is 4. The molecule has 0 unspecified atom stereocenters. The van der Waals surface area contributed by atoms with Crippen LogP contribution in [0.25, 0.3) is 0 Å². The normalized spacial score (nSPS) is 12.9. The van der Waals surface area contributed by atoms with Crippen LogP contribution in [0.2, 0.25) is 0 Å². The number of aryl methyl sites for hydroxylation is 1. The van der Waals surface area contributed by atoms with E-state index in [2.05, 4.69) is 9.71 Å². The smallest absolute Gasteiger partial charge is 0.328 e. The molecule has 0 aliphatic carbocycles. The maximum absolute atomic E-state index is 12.9. The van der Waals surface area contributed by atoms with Gasteiger partial charge in [-0.15, -0.1) is 0 Å². The molecular weight excluding hydrogens is 400 g/mol. The van der Waals surface area contributed by atoms with Gasteiger partial charge in [-0.25, -0.2) is 0 Å². The Morgan fingerprint density at radius 2 is 1.50 bits per heavy atom. The summed E-state index contributed by atoms with van der Waals surface area (Å²) in [7, 11) is -3.93. The lowest BCUT2D eigenvalue weighted by atomic mass is 10.1. The van der Waals surface area contributed by atoms with Crippen molar-refractivity contribution in [3.8, 4) is 0 Å². The van der Waals surface area contributed by atoms with E-state index >= 15 is 0 Å². The minimum Gasteiger partial charge on any atom is -0.546 e. The van der Waals surface area contributed by atoms with Crippen molar-refractivity contribution in [3.63, 3.8) is 0 Å². The van der Waals surface area contributed by atoms with Crippen molar-refractivity contribution in [2.75, 3.05) is 0 Å². The van der Waals surface area contributed by atoms with Crippen LogP contribution in [0.5, 0.6) is 0 Å². The predicted octanol–water partition coefficient (Wildman–Crippen LogP) is 0.162. The molecule has 0 aliphatic heterocycles. The van der Waals surface area contributed by atoms with Gasteiger partial charge >= 0.3 is 10.0 Å². The molecule has 3 rings (SSSR count). The molecule has 0 radical (unpaired) electrons. The Morgan fingerprint density at radius 3 is 2.07 bits per heavy atom. The number of carbonyl (C=O) groups excluding carboxylic acids is 1. The fourth-order valence-corrected chi connectivity index (χ4v) is 3.96. The summed E-state index contributed by atoms with van der Waals surface area (Å²) in [5, 5.41) is 11.8. The van der Waals surface area contributed by atoms with Crippen molar-refractivity contribution in [2.24, 2.45) is 0 Å². The van der Waals surface area contributed by atoms with Crippen molar-refractivity contribution < 1.29 is 23.3 Å². The fraction of sp³-hybridized carbons (Fsp3) is 0.130. The van der Waals surface area contributed by atoms with Crippen LogP contribution in [-0.4, -0.2) is 26.3 Å². The Kier molecular flexibility index (Phi) is 6.64. The van der Waals surface area contributed by atoms with E-state index in [9.17, 15) is 18.3 Å². The molecule has 0 spiro atoms. The molecule has 0 saturated heterocycles. The van der Waals surface area contributed by atoms with E-state index in [0.29, 0.717) is 5.56 Å². The molecule has 0 fully saturated rings. The second-order valence-corrected chi connectivity index (χ2v) is 8.55. The molecule has 0 aliphatic rings. The summed E-state index contributed by atoms with van der Waals surface area (Å²) in [5.41, 5.74) is 2.22. The van der Waals surface area contributed by atoms with Gasteiger partial charge in [-0.05, 0) is 36.8 Å². The maximum Gasteiger partial charge on any atom is 0.328 e. The summed E-state index contributed by atoms with van der Waals surface area (Å²) < 4.78 is 28.3. The molecule has 0 saturated carbocycles. The van der Waals surface area contributed by atoms with E-state index in [0.717, 1.165) is 11.1 Å². The third-order valence-corrected chi connectivity index (χ3v) is 5.88. The second-order valence-electron chi connectivity index (χ2n) is 6.87. The molecule has 30 heavy (non-hydrogen) atoms. The van der Waals surface area contributed by atoms with Gasteiger partial charge in [-0.3, -0.25) is 4.99 Å². The molecule has 154 valence electrons. The molecule has 7 heteroatoms. The Balaban J connectivity index is 1.99. The summed E-state index contributed by atoms with van der Waals surface area (Å²) in [6.45, 7) is 1.86. The van der Waals surface area contributed by atoms with Crippen LogP contribution in [-0.2, 0) is 21.2 Å². The molecule has 1 atom stereocenters. The molecule has 3 aromatic rings. The summed E-state index contributed by atoms with van der Waals surface area (Å²) in [6, 6.07) is 23.0. The van der Waals surface area contributed by atoms with Gasteiger partial charge in [-0.2, -0.15) is 13.1 Å². The largest absolute Gasteiger partial charge is 0.546 e. The number of nitrogens with one attached hydrogen (secondary N) is 2. The zero-order chi connectivity index (χ0) is 21.6. The number of carbonyl (C=O) groups is 1. The molecule has 0 heterocycles. The number of amidine groups is 1. The molecule has 2 N–H and O–H groups in total. The lowest BCUT2D eigenvalue weighted by Crippen LogP contribution is -2.86. The first-order valence-corrected chi connectivity index (χ1v) is 10.9. The lowest BCUT2D eigenvalue weighted by Gasteiger charge is -2.14. The Labute approximate surface area is 176 Å². The molecule has 0 bridgehead atoms. The molecular formula is C23H22N2O4S. The van der Waals surface area contributed by atoms with Crippen LogP contribution in [0.1, 0.15) is 16.7 Å². The Bertz CT molecular complexity index is 1130. The Hall–Kier alpha value is -3.45. The topological polar surface area (TPSA) is 100 Å². The third kappa shape index (κ3) is 5.55. The van der Waals surface area contributed by atoms with E-state index in [1.54, 1.807) is 54.6 Å². The van der Waals surface area contributed by atoms with Crippen molar-refractivity contribution in [1.29, 1.82) is 0 Å². The van der Waals surface area contributed by atoms with Gasteiger partial charge < -0.3 is 9.90 Å². The molecule has 6 nitrogen and oxygen atoms in total. The maximum atomic E-state index is 12.9. The number of benzene rings is 3. The van der Waals surface area contributed by atoms with Crippen LogP contribution in [0.3, 0.4) is 0 Å². The van der Waals surface area contributed by atoms with Crippen molar-refractivity contribution >= 4 is 21.8 Å². The van der Waals surface area contributed by atoms with Crippen molar-refractivity contribution in [1.82, 2.24) is 4.72 Å². The van der Waals surface area contributed by atoms with E-state index in [4.69, 9.17) is 0 Å². The average molecular weight is 423 g/mol. The number of carboxylic acid groups (broad SMARTS) is 1.